The molecule has 0 amide bonds. The molecule has 0 radical (unpaired) electrons. The van der Waals surface area contributed by atoms with Gasteiger partial charge in [0, 0.05) is 4.47 Å². The van der Waals surface area contributed by atoms with Crippen LogP contribution in [0, 0.1) is 5.92 Å². The summed E-state index contributed by atoms with van der Waals surface area (Å²) in [6.07, 6.45) is 2.51. The van der Waals surface area contributed by atoms with Gasteiger partial charge in [-0.3, -0.25) is 4.90 Å². The van der Waals surface area contributed by atoms with Gasteiger partial charge in [0.2, 0.25) is 11.8 Å². The maximum atomic E-state index is 5.79. The van der Waals surface area contributed by atoms with Crippen LogP contribution < -0.4 is 0 Å². The van der Waals surface area contributed by atoms with Crippen molar-refractivity contribution in [3.05, 3.63) is 34.6 Å². The van der Waals surface area contributed by atoms with E-state index in [-0.39, 0.29) is 0 Å². The molecule has 0 aliphatic carbocycles. The Bertz CT molecular complexity index is 576. The Balaban J connectivity index is 1.70. The topological polar surface area (TPSA) is 42.2 Å². The van der Waals surface area contributed by atoms with Gasteiger partial charge in [-0.25, -0.2) is 0 Å². The Kier molecular flexibility index (Phi) is 4.17. The van der Waals surface area contributed by atoms with Crippen molar-refractivity contribution < 1.29 is 4.42 Å². The number of likely N-dealkylation sites (tertiary alicyclic amines) is 1. The summed E-state index contributed by atoms with van der Waals surface area (Å²) < 4.78 is 6.76. The molecule has 4 nitrogen and oxygen atoms in total. The van der Waals surface area contributed by atoms with Crippen molar-refractivity contribution in [1.29, 1.82) is 0 Å². The molecule has 106 valence electrons. The van der Waals surface area contributed by atoms with Crippen LogP contribution in [0.5, 0.6) is 0 Å². The summed E-state index contributed by atoms with van der Waals surface area (Å²) in [5.41, 5.74) is 0.943. The number of piperidine rings is 1. The van der Waals surface area contributed by atoms with Gasteiger partial charge in [-0.2, -0.15) is 0 Å². The second kappa shape index (κ2) is 6.06. The highest BCUT2D eigenvalue weighted by Gasteiger charge is 2.18. The summed E-state index contributed by atoms with van der Waals surface area (Å²) in [5, 5.41) is 8.32. The maximum absolute atomic E-state index is 5.79. The molecule has 3 rings (SSSR count). The second-order valence-corrected chi connectivity index (χ2v) is 6.29. The van der Waals surface area contributed by atoms with Crippen molar-refractivity contribution in [1.82, 2.24) is 15.1 Å². The van der Waals surface area contributed by atoms with Crippen molar-refractivity contribution in [2.75, 3.05) is 13.1 Å². The summed E-state index contributed by atoms with van der Waals surface area (Å²) >= 11 is 3.51. The summed E-state index contributed by atoms with van der Waals surface area (Å²) in [6, 6.07) is 7.89. The molecule has 1 saturated heterocycles. The average Bonchev–Trinajstić information content (AvgIpc) is 2.90. The highest BCUT2D eigenvalue weighted by molar-refractivity contribution is 9.10. The molecule has 0 unspecified atom stereocenters. The fourth-order valence-electron chi connectivity index (χ4n) is 2.47. The molecule has 20 heavy (non-hydrogen) atoms. The van der Waals surface area contributed by atoms with E-state index in [2.05, 4.69) is 38.0 Å². The van der Waals surface area contributed by atoms with E-state index in [9.17, 15) is 0 Å². The number of nitrogens with zero attached hydrogens (tertiary/aromatic N) is 3. The molecular weight excluding hydrogens is 318 g/mol. The highest BCUT2D eigenvalue weighted by atomic mass is 79.9. The van der Waals surface area contributed by atoms with Crippen molar-refractivity contribution in [2.24, 2.45) is 5.92 Å². The maximum Gasteiger partial charge on any atom is 0.248 e. The molecule has 2 aromatic rings. The molecule has 0 atom stereocenters. The minimum atomic E-state index is 0.581. The molecule has 1 aromatic heterocycles. The second-order valence-electron chi connectivity index (χ2n) is 5.44. The monoisotopic (exact) mass is 335 g/mol. The van der Waals surface area contributed by atoms with Gasteiger partial charge in [0.15, 0.2) is 0 Å². The van der Waals surface area contributed by atoms with Crippen LogP contribution in [-0.4, -0.2) is 28.2 Å². The van der Waals surface area contributed by atoms with E-state index in [4.69, 9.17) is 4.42 Å². The Morgan fingerprint density at radius 1 is 1.25 bits per heavy atom. The first-order valence-corrected chi connectivity index (χ1v) is 7.81. The molecule has 1 aliphatic rings. The minimum Gasteiger partial charge on any atom is -0.419 e. The van der Waals surface area contributed by atoms with Gasteiger partial charge in [-0.15, -0.1) is 10.2 Å². The summed E-state index contributed by atoms with van der Waals surface area (Å²) in [6.45, 7) is 5.31. The van der Waals surface area contributed by atoms with Crippen LogP contribution in [-0.2, 0) is 6.54 Å². The predicted octanol–water partition coefficient (Wildman–Crippen LogP) is 3.73. The first-order valence-electron chi connectivity index (χ1n) is 7.02. The minimum absolute atomic E-state index is 0.581. The lowest BCUT2D eigenvalue weighted by molar-refractivity contribution is 0.171. The van der Waals surface area contributed by atoms with Gasteiger partial charge in [0.05, 0.1) is 12.1 Å². The van der Waals surface area contributed by atoms with E-state index in [0.717, 1.165) is 35.6 Å². The van der Waals surface area contributed by atoms with Crippen molar-refractivity contribution in [2.45, 2.75) is 26.3 Å². The summed E-state index contributed by atoms with van der Waals surface area (Å²) in [4.78, 5) is 2.39. The fraction of sp³-hybridized carbons (Fsp3) is 0.467. The summed E-state index contributed by atoms with van der Waals surface area (Å²) in [5.74, 6) is 2.12. The lowest BCUT2D eigenvalue weighted by Crippen LogP contribution is -2.32. The number of rotatable bonds is 3. The van der Waals surface area contributed by atoms with E-state index >= 15 is 0 Å². The Morgan fingerprint density at radius 2 is 2.00 bits per heavy atom. The van der Waals surface area contributed by atoms with Crippen LogP contribution in [0.15, 0.2) is 33.2 Å². The van der Waals surface area contributed by atoms with E-state index in [1.54, 1.807) is 0 Å². The Labute approximate surface area is 127 Å². The molecule has 1 aromatic carbocycles. The summed E-state index contributed by atoms with van der Waals surface area (Å²) in [7, 11) is 0. The first-order chi connectivity index (χ1) is 9.72. The first kappa shape index (κ1) is 13.8. The van der Waals surface area contributed by atoms with Crippen LogP contribution in [0.25, 0.3) is 11.5 Å². The van der Waals surface area contributed by atoms with E-state index in [1.165, 1.54) is 12.8 Å². The van der Waals surface area contributed by atoms with Gasteiger partial charge in [0.25, 0.3) is 0 Å². The van der Waals surface area contributed by atoms with Crippen LogP contribution in [0.2, 0.25) is 0 Å². The Hall–Kier alpha value is -1.20. The normalized spacial score (nSPS) is 17.5. The lowest BCUT2D eigenvalue weighted by atomic mass is 9.99. The zero-order chi connectivity index (χ0) is 13.9. The molecule has 0 spiro atoms. The number of hydrogen-bond donors (Lipinski definition) is 0. The Morgan fingerprint density at radius 3 is 2.75 bits per heavy atom. The SMILES string of the molecule is CC1CCN(Cc2nnc(-c3ccccc3Br)o2)CC1. The van der Waals surface area contributed by atoms with Gasteiger partial charge < -0.3 is 4.42 Å². The van der Waals surface area contributed by atoms with Crippen molar-refractivity contribution in [3.63, 3.8) is 0 Å². The zero-order valence-corrected chi connectivity index (χ0v) is 13.1. The van der Waals surface area contributed by atoms with E-state index in [0.29, 0.717) is 11.8 Å². The molecule has 0 saturated carbocycles. The third kappa shape index (κ3) is 3.10. The standard InChI is InChI=1S/C15H18BrN3O/c1-11-6-8-19(9-7-11)10-14-17-18-15(20-14)12-4-2-3-5-13(12)16/h2-5,11H,6-10H2,1H3. The largest absolute Gasteiger partial charge is 0.419 e. The molecule has 2 heterocycles. The van der Waals surface area contributed by atoms with Gasteiger partial charge in [-0.1, -0.05) is 19.1 Å². The number of aromatic nitrogens is 2. The number of benzene rings is 1. The van der Waals surface area contributed by atoms with Crippen LogP contribution >= 0.6 is 15.9 Å². The van der Waals surface area contributed by atoms with Crippen LogP contribution in [0.1, 0.15) is 25.7 Å². The molecule has 0 N–H and O–H groups in total. The van der Waals surface area contributed by atoms with Gasteiger partial charge >= 0.3 is 0 Å². The van der Waals surface area contributed by atoms with Gasteiger partial charge in [0.1, 0.15) is 0 Å². The zero-order valence-electron chi connectivity index (χ0n) is 11.6. The van der Waals surface area contributed by atoms with Crippen LogP contribution in [0.3, 0.4) is 0 Å². The quantitative estimate of drug-likeness (QED) is 0.856. The molecule has 1 aliphatic heterocycles. The van der Waals surface area contributed by atoms with Crippen molar-refractivity contribution >= 4 is 15.9 Å². The third-order valence-electron chi connectivity index (χ3n) is 3.81. The lowest BCUT2D eigenvalue weighted by Gasteiger charge is -2.28. The van der Waals surface area contributed by atoms with Gasteiger partial charge in [-0.05, 0) is 59.9 Å². The average molecular weight is 336 g/mol. The third-order valence-corrected chi connectivity index (χ3v) is 4.50. The molecule has 5 heteroatoms. The number of hydrogen-bond acceptors (Lipinski definition) is 4. The number of halogens is 1. The molecule has 0 bridgehead atoms. The molecule has 1 fully saturated rings. The smallest absolute Gasteiger partial charge is 0.248 e. The molecular formula is C15H18BrN3O. The van der Waals surface area contributed by atoms with E-state index < -0.39 is 0 Å². The van der Waals surface area contributed by atoms with E-state index in [1.807, 2.05) is 24.3 Å². The predicted molar refractivity (Wildman–Crippen MR) is 81.1 cm³/mol. The van der Waals surface area contributed by atoms with Crippen molar-refractivity contribution in [3.8, 4) is 11.5 Å². The fourth-order valence-corrected chi connectivity index (χ4v) is 2.93. The van der Waals surface area contributed by atoms with Crippen LogP contribution in [0.4, 0.5) is 0 Å². The highest BCUT2D eigenvalue weighted by Crippen LogP contribution is 2.27.